The Morgan fingerprint density at radius 3 is 1.89 bits per heavy atom. The predicted octanol–water partition coefficient (Wildman–Crippen LogP) is 1.34. The van der Waals surface area contributed by atoms with Gasteiger partial charge in [-0.2, -0.15) is 0 Å². The van der Waals surface area contributed by atoms with Crippen LogP contribution in [0.1, 0.15) is 13.8 Å². The molecule has 0 saturated heterocycles. The van der Waals surface area contributed by atoms with Crippen molar-refractivity contribution in [3.05, 3.63) is 0 Å². The molecule has 0 rings (SSSR count). The molecule has 0 N–H and O–H groups in total. The van der Waals surface area contributed by atoms with Crippen LogP contribution >= 0.6 is 6.19 Å². The van der Waals surface area contributed by atoms with E-state index in [4.69, 9.17) is 9.05 Å². The van der Waals surface area contributed by atoms with E-state index >= 15 is 0 Å². The van der Waals surface area contributed by atoms with Gasteiger partial charge in [0.15, 0.2) is 0 Å². The summed E-state index contributed by atoms with van der Waals surface area (Å²) in [6, 6.07) is 0. The van der Waals surface area contributed by atoms with Crippen LogP contribution in [0.25, 0.3) is 0 Å². The average Bonchev–Trinajstić information content (AvgIpc) is 1.64. The van der Waals surface area contributed by atoms with Crippen LogP contribution in [0.3, 0.4) is 0 Å². The molecular weight excluding hydrogens is 206 g/mol. The van der Waals surface area contributed by atoms with Crippen LogP contribution in [0.4, 0.5) is 0 Å². The third-order valence-corrected chi connectivity index (χ3v) is 3.05. The predicted molar refractivity (Wildman–Crippen MR) is 36.6 cm³/mol. The first-order valence-corrected chi connectivity index (χ1v) is 6.48. The minimum atomic E-state index is -2.82. The van der Waals surface area contributed by atoms with E-state index in [1.165, 1.54) is 0 Å². The summed E-state index contributed by atoms with van der Waals surface area (Å²) in [5.41, 5.74) is 0. The standard InChI is InChI=1S/C4H10O3PSe/c1-3-6-8(5,9)7-4-2/h3-4H2,1-2H3. The van der Waals surface area contributed by atoms with Crippen molar-refractivity contribution in [1.82, 2.24) is 0 Å². The van der Waals surface area contributed by atoms with E-state index in [2.05, 4.69) is 15.1 Å². The summed E-state index contributed by atoms with van der Waals surface area (Å²) < 4.78 is 9.50. The van der Waals surface area contributed by atoms with Crippen LogP contribution in [0.15, 0.2) is 0 Å². The molecule has 0 atom stereocenters. The zero-order valence-corrected chi connectivity index (χ0v) is 8.10. The first kappa shape index (κ1) is 9.83. The third-order valence-electron chi connectivity index (χ3n) is 0.574. The normalized spacial score (nSPS) is 11.9. The molecule has 55 valence electrons. The second-order valence-electron chi connectivity index (χ2n) is 1.28. The van der Waals surface area contributed by atoms with E-state index in [1.54, 1.807) is 13.8 Å². The first-order valence-electron chi connectivity index (χ1n) is 2.72. The SMILES string of the molecule is CCOP([O])(=[Se])OCC. The molecule has 0 aromatic heterocycles. The van der Waals surface area contributed by atoms with Gasteiger partial charge in [0.2, 0.25) is 0 Å². The van der Waals surface area contributed by atoms with Crippen LogP contribution in [-0.2, 0) is 13.9 Å². The number of rotatable bonds is 4. The molecule has 0 aliphatic carbocycles. The van der Waals surface area contributed by atoms with Crippen molar-refractivity contribution >= 4 is 21.3 Å². The number of hydrogen-bond donors (Lipinski definition) is 0. The van der Waals surface area contributed by atoms with E-state index < -0.39 is 6.19 Å². The van der Waals surface area contributed by atoms with Crippen LogP contribution in [0, 0.1) is 0 Å². The van der Waals surface area contributed by atoms with Gasteiger partial charge in [-0.15, -0.1) is 0 Å². The van der Waals surface area contributed by atoms with Crippen molar-refractivity contribution in [3.63, 3.8) is 0 Å². The maximum atomic E-state index is 10.9. The maximum absolute atomic E-state index is 10.9. The molecular formula is C4H10O3PSe. The monoisotopic (exact) mass is 217 g/mol. The quantitative estimate of drug-likeness (QED) is 0.525. The van der Waals surface area contributed by atoms with Gasteiger partial charge in [-0.1, -0.05) is 0 Å². The molecule has 0 saturated carbocycles. The number of hydrogen-bond acceptors (Lipinski definition) is 2. The Morgan fingerprint density at radius 1 is 1.33 bits per heavy atom. The molecule has 0 aliphatic rings. The molecule has 1 radical (unpaired) electrons. The van der Waals surface area contributed by atoms with Gasteiger partial charge in [-0.3, -0.25) is 0 Å². The van der Waals surface area contributed by atoms with Crippen molar-refractivity contribution in [2.75, 3.05) is 13.2 Å². The Hall–Kier alpha value is 0.829. The van der Waals surface area contributed by atoms with Gasteiger partial charge < -0.3 is 0 Å². The summed E-state index contributed by atoms with van der Waals surface area (Å²) in [6.45, 7) is 4.35. The minimum absolute atomic E-state index is 0.407. The fraction of sp³-hybridized carbons (Fsp3) is 1.00. The molecule has 0 heterocycles. The van der Waals surface area contributed by atoms with E-state index in [0.29, 0.717) is 13.2 Å². The molecule has 0 fully saturated rings. The zero-order chi connectivity index (χ0) is 7.33. The first-order chi connectivity index (χ1) is 4.12. The zero-order valence-electron chi connectivity index (χ0n) is 5.49. The average molecular weight is 216 g/mol. The van der Waals surface area contributed by atoms with E-state index in [1.807, 2.05) is 0 Å². The third kappa shape index (κ3) is 5.28. The van der Waals surface area contributed by atoms with Crippen molar-refractivity contribution in [2.45, 2.75) is 13.8 Å². The molecule has 0 aliphatic heterocycles. The fourth-order valence-electron chi connectivity index (χ4n) is 0.353. The van der Waals surface area contributed by atoms with Gasteiger partial charge in [0.25, 0.3) is 0 Å². The molecule has 0 aromatic carbocycles. The molecule has 0 bridgehead atoms. The van der Waals surface area contributed by atoms with Gasteiger partial charge in [0, 0.05) is 0 Å². The van der Waals surface area contributed by atoms with Crippen LogP contribution in [0.5, 0.6) is 0 Å². The van der Waals surface area contributed by atoms with Gasteiger partial charge >= 0.3 is 62.3 Å². The van der Waals surface area contributed by atoms with Crippen LogP contribution < -0.4 is 0 Å². The molecule has 0 aromatic rings. The summed E-state index contributed by atoms with van der Waals surface area (Å²) in [4.78, 5) is 10.9. The molecule has 3 nitrogen and oxygen atoms in total. The molecule has 9 heavy (non-hydrogen) atoms. The van der Waals surface area contributed by atoms with Crippen molar-refractivity contribution in [1.29, 1.82) is 0 Å². The van der Waals surface area contributed by atoms with Crippen LogP contribution in [-0.4, -0.2) is 28.3 Å². The molecule has 5 heteroatoms. The van der Waals surface area contributed by atoms with Crippen LogP contribution in [0.2, 0.25) is 0 Å². The van der Waals surface area contributed by atoms with Gasteiger partial charge in [-0.25, -0.2) is 0 Å². The van der Waals surface area contributed by atoms with Crippen molar-refractivity contribution in [2.24, 2.45) is 0 Å². The summed E-state index contributed by atoms with van der Waals surface area (Å²) in [7, 11) is 0. The van der Waals surface area contributed by atoms with Gasteiger partial charge in [0.05, 0.1) is 0 Å². The summed E-state index contributed by atoms with van der Waals surface area (Å²) in [6.07, 6.45) is -2.82. The Morgan fingerprint density at radius 2 is 1.67 bits per heavy atom. The molecule has 0 amide bonds. The summed E-state index contributed by atoms with van der Waals surface area (Å²) in [5.74, 6) is 0. The van der Waals surface area contributed by atoms with E-state index in [0.717, 1.165) is 0 Å². The Balaban J connectivity index is 3.58. The molecule has 0 unspecified atom stereocenters. The Bertz CT molecular complexity index is 106. The van der Waals surface area contributed by atoms with E-state index in [9.17, 15) is 4.89 Å². The van der Waals surface area contributed by atoms with Gasteiger partial charge in [-0.05, 0) is 0 Å². The van der Waals surface area contributed by atoms with Gasteiger partial charge in [0.1, 0.15) is 0 Å². The topological polar surface area (TPSA) is 38.4 Å². The Kier molecular flexibility index (Phi) is 5.04. The Labute approximate surface area is 62.8 Å². The summed E-state index contributed by atoms with van der Waals surface area (Å²) in [5, 5.41) is 0. The fourth-order valence-corrected chi connectivity index (χ4v) is 2.39. The van der Waals surface area contributed by atoms with Crippen molar-refractivity contribution < 1.29 is 13.9 Å². The van der Waals surface area contributed by atoms with E-state index in [-0.39, 0.29) is 0 Å². The second kappa shape index (κ2) is 4.62. The van der Waals surface area contributed by atoms with Crippen molar-refractivity contribution in [3.8, 4) is 0 Å². The second-order valence-corrected chi connectivity index (χ2v) is 5.51. The summed E-state index contributed by atoms with van der Waals surface area (Å²) >= 11 is 2.37. The molecule has 0 spiro atoms.